The zero-order chi connectivity index (χ0) is 20.1. The number of hydrogen-bond acceptors (Lipinski definition) is 4. The summed E-state index contributed by atoms with van der Waals surface area (Å²) in [6, 6.07) is 1.16. The Kier molecular flexibility index (Phi) is 4.98. The number of hydrogen-bond donors (Lipinski definition) is 0. The van der Waals surface area contributed by atoms with E-state index in [0.29, 0.717) is 31.6 Å². The van der Waals surface area contributed by atoms with Crippen molar-refractivity contribution in [2.24, 2.45) is 0 Å². The van der Waals surface area contributed by atoms with Crippen molar-refractivity contribution in [2.45, 2.75) is 31.4 Å². The van der Waals surface area contributed by atoms with Gasteiger partial charge in [0, 0.05) is 18.7 Å². The van der Waals surface area contributed by atoms with Crippen LogP contribution in [0, 0.1) is 5.82 Å². The van der Waals surface area contributed by atoms with Gasteiger partial charge in [-0.1, -0.05) is 23.2 Å². The second-order valence-electron chi connectivity index (χ2n) is 5.67. The molecule has 1 aromatic carbocycles. The van der Waals surface area contributed by atoms with Crippen LogP contribution >= 0.6 is 23.2 Å². The Morgan fingerprint density at radius 1 is 1.07 bits per heavy atom. The number of rotatable bonds is 3. The maximum Gasteiger partial charge on any atom is 0.534 e. The molecule has 13 heteroatoms. The van der Waals surface area contributed by atoms with Crippen molar-refractivity contribution in [3.63, 3.8) is 0 Å². The van der Waals surface area contributed by atoms with E-state index in [0.717, 1.165) is 6.42 Å². The zero-order valence-electron chi connectivity index (χ0n) is 13.2. The lowest BCUT2D eigenvalue weighted by molar-refractivity contribution is -0.0500. The molecule has 27 heavy (non-hydrogen) atoms. The van der Waals surface area contributed by atoms with Gasteiger partial charge in [-0.05, 0) is 25.0 Å². The summed E-state index contributed by atoms with van der Waals surface area (Å²) in [7, 11) is -6.04. The fraction of sp³-hybridized carbons (Fsp3) is 0.357. The topological polar surface area (TPSA) is 70.3 Å². The van der Waals surface area contributed by atoms with Crippen LogP contribution in [0.4, 0.5) is 17.6 Å². The van der Waals surface area contributed by atoms with E-state index in [9.17, 15) is 30.8 Å². The lowest BCUT2D eigenvalue weighted by Gasteiger charge is -2.17. The highest BCUT2D eigenvalue weighted by atomic mass is 35.5. The molecule has 0 amide bonds. The van der Waals surface area contributed by atoms with E-state index in [4.69, 9.17) is 23.2 Å². The number of fused-ring (bicyclic) bond motifs is 1. The molecule has 3 rings (SSSR count). The Labute approximate surface area is 160 Å². The summed E-state index contributed by atoms with van der Waals surface area (Å²) in [5.74, 6) is -2.05. The molecule has 0 bridgehead atoms. The Hall–Kier alpha value is -1.72. The van der Waals surface area contributed by atoms with Crippen molar-refractivity contribution < 1.29 is 30.2 Å². The van der Waals surface area contributed by atoms with Crippen molar-refractivity contribution in [3.8, 4) is 16.9 Å². The average molecular weight is 449 g/mol. The van der Waals surface area contributed by atoms with Gasteiger partial charge < -0.3 is 4.18 Å². The van der Waals surface area contributed by atoms with Crippen LogP contribution in [-0.4, -0.2) is 23.3 Å². The first kappa shape index (κ1) is 20.0. The van der Waals surface area contributed by atoms with Gasteiger partial charge >= 0.3 is 15.6 Å². The first-order chi connectivity index (χ1) is 12.4. The normalized spacial score (nSPS) is 14.9. The predicted molar refractivity (Wildman–Crippen MR) is 88.9 cm³/mol. The summed E-state index contributed by atoms with van der Waals surface area (Å²) >= 11 is 11.8. The molecule has 2 aromatic rings. The first-order valence-corrected chi connectivity index (χ1v) is 9.59. The van der Waals surface area contributed by atoms with Crippen LogP contribution in [0.5, 0.6) is 5.75 Å². The molecular formula is C14H10Cl2F4N2O4S. The monoisotopic (exact) mass is 448 g/mol. The van der Waals surface area contributed by atoms with E-state index in [1.807, 2.05) is 0 Å². The molecule has 1 aliphatic rings. The number of benzene rings is 1. The molecule has 0 atom stereocenters. The molecule has 0 N–H and O–H groups in total. The van der Waals surface area contributed by atoms with Crippen LogP contribution in [0.25, 0.3) is 11.1 Å². The summed E-state index contributed by atoms with van der Waals surface area (Å²) < 4.78 is 81.1. The minimum absolute atomic E-state index is 0.120. The van der Waals surface area contributed by atoms with Crippen LogP contribution in [0.1, 0.15) is 12.8 Å². The minimum Gasteiger partial charge on any atom is -0.374 e. The molecule has 0 fully saturated rings. The maximum atomic E-state index is 14.4. The Balaban J connectivity index is 2.17. The highest BCUT2D eigenvalue weighted by Crippen LogP contribution is 2.38. The molecule has 0 saturated carbocycles. The molecule has 0 saturated heterocycles. The van der Waals surface area contributed by atoms with E-state index in [1.54, 1.807) is 0 Å². The van der Waals surface area contributed by atoms with Crippen LogP contribution < -0.4 is 9.74 Å². The van der Waals surface area contributed by atoms with Gasteiger partial charge in [0.2, 0.25) is 0 Å². The molecule has 2 heterocycles. The third-order valence-corrected chi connectivity index (χ3v) is 5.58. The SMILES string of the molecule is O=c1c(-c2cc(OS(=O)(=O)C(F)(F)F)c(Cl)cc2F)c(Cl)n2n1CCCC2. The van der Waals surface area contributed by atoms with E-state index in [1.165, 1.54) is 9.36 Å². The van der Waals surface area contributed by atoms with Crippen LogP contribution in [0.15, 0.2) is 16.9 Å². The van der Waals surface area contributed by atoms with Crippen molar-refractivity contribution in [1.29, 1.82) is 0 Å². The predicted octanol–water partition coefficient (Wildman–Crippen LogP) is 3.78. The van der Waals surface area contributed by atoms with Crippen molar-refractivity contribution in [3.05, 3.63) is 38.5 Å². The van der Waals surface area contributed by atoms with Crippen LogP contribution in [0.3, 0.4) is 0 Å². The highest BCUT2D eigenvalue weighted by molar-refractivity contribution is 7.88. The fourth-order valence-corrected chi connectivity index (χ4v) is 3.76. The van der Waals surface area contributed by atoms with Crippen molar-refractivity contribution >= 4 is 33.3 Å². The van der Waals surface area contributed by atoms with Crippen LogP contribution in [0.2, 0.25) is 10.2 Å². The van der Waals surface area contributed by atoms with Crippen molar-refractivity contribution in [1.82, 2.24) is 9.36 Å². The number of aromatic nitrogens is 2. The largest absolute Gasteiger partial charge is 0.534 e. The Bertz CT molecular complexity index is 1080. The van der Waals surface area contributed by atoms with Gasteiger partial charge in [-0.3, -0.25) is 9.48 Å². The Morgan fingerprint density at radius 3 is 2.22 bits per heavy atom. The average Bonchev–Trinajstić information content (AvgIpc) is 2.81. The lowest BCUT2D eigenvalue weighted by Crippen LogP contribution is -2.28. The summed E-state index contributed by atoms with van der Waals surface area (Å²) in [4.78, 5) is 12.5. The third-order valence-electron chi connectivity index (χ3n) is 3.94. The number of halogens is 6. The standard InChI is InChI=1S/C14H10Cl2F4N2O4S/c15-8-6-9(17)7(5-10(8)26-27(24,25)14(18,19)20)11-12(16)21-3-1-2-4-22(21)13(11)23/h5-6H,1-4H2. The van der Waals surface area contributed by atoms with Gasteiger partial charge in [0.25, 0.3) is 5.56 Å². The van der Waals surface area contributed by atoms with Gasteiger partial charge in [-0.25, -0.2) is 9.07 Å². The van der Waals surface area contributed by atoms with Gasteiger partial charge in [0.15, 0.2) is 5.75 Å². The van der Waals surface area contributed by atoms with E-state index < -0.39 is 43.3 Å². The van der Waals surface area contributed by atoms with Crippen LogP contribution in [-0.2, 0) is 23.2 Å². The van der Waals surface area contributed by atoms with Gasteiger partial charge in [-0.2, -0.15) is 21.6 Å². The Morgan fingerprint density at radius 2 is 1.67 bits per heavy atom. The smallest absolute Gasteiger partial charge is 0.374 e. The van der Waals surface area contributed by atoms with Gasteiger partial charge in [0.1, 0.15) is 11.0 Å². The molecule has 0 unspecified atom stereocenters. The third kappa shape index (κ3) is 3.43. The summed E-state index contributed by atoms with van der Waals surface area (Å²) in [6.45, 7) is 0.731. The molecule has 148 valence electrons. The lowest BCUT2D eigenvalue weighted by atomic mass is 10.1. The van der Waals surface area contributed by atoms with E-state index in [2.05, 4.69) is 4.18 Å². The van der Waals surface area contributed by atoms with Gasteiger partial charge in [0.05, 0.1) is 10.6 Å². The van der Waals surface area contributed by atoms with E-state index in [-0.39, 0.29) is 10.7 Å². The zero-order valence-corrected chi connectivity index (χ0v) is 15.5. The summed E-state index contributed by atoms with van der Waals surface area (Å²) in [5, 5.41) is -0.838. The number of alkyl halides is 3. The minimum atomic E-state index is -6.04. The molecule has 0 aliphatic carbocycles. The fourth-order valence-electron chi connectivity index (χ4n) is 2.70. The molecular weight excluding hydrogens is 439 g/mol. The first-order valence-electron chi connectivity index (χ1n) is 7.43. The maximum absolute atomic E-state index is 14.4. The summed E-state index contributed by atoms with van der Waals surface area (Å²) in [5.41, 5.74) is -7.21. The van der Waals surface area contributed by atoms with Gasteiger partial charge in [-0.15, -0.1) is 0 Å². The second kappa shape index (κ2) is 6.71. The molecule has 0 radical (unpaired) electrons. The van der Waals surface area contributed by atoms with Crippen molar-refractivity contribution in [2.75, 3.05) is 0 Å². The molecule has 0 spiro atoms. The number of nitrogens with zero attached hydrogens (tertiary/aromatic N) is 2. The molecule has 1 aromatic heterocycles. The quantitative estimate of drug-likeness (QED) is 0.406. The van der Waals surface area contributed by atoms with E-state index >= 15 is 0 Å². The highest BCUT2D eigenvalue weighted by Gasteiger charge is 2.49. The molecule has 1 aliphatic heterocycles. The second-order valence-corrected chi connectivity index (χ2v) is 7.97. The summed E-state index contributed by atoms with van der Waals surface area (Å²) in [6.07, 6.45) is 1.43. The molecule has 6 nitrogen and oxygen atoms in total.